The molecule has 2 fully saturated rings. The zero-order chi connectivity index (χ0) is 39.4. The molecule has 294 valence electrons. The number of benzene rings is 6. The van der Waals surface area contributed by atoms with Crippen LogP contribution in [0.3, 0.4) is 0 Å². The monoisotopic (exact) mass is 899 g/mol. The summed E-state index contributed by atoms with van der Waals surface area (Å²) in [5.74, 6) is -1.94. The second-order valence-electron chi connectivity index (χ2n) is 13.4. The van der Waals surface area contributed by atoms with Crippen molar-refractivity contribution in [3.05, 3.63) is 182 Å². The molecule has 0 saturated heterocycles. The number of hydrogen-bond acceptors (Lipinski definition) is 5. The summed E-state index contributed by atoms with van der Waals surface area (Å²) in [6, 6.07) is 65.5. The van der Waals surface area contributed by atoms with Gasteiger partial charge in [0.2, 0.25) is 0 Å². The fourth-order valence-electron chi connectivity index (χ4n) is 5.84. The summed E-state index contributed by atoms with van der Waals surface area (Å²) in [4.78, 5) is 19.3. The number of carboxylic acid groups (broad SMARTS) is 2. The number of carbonyl (C=O) groups is 2. The Kier molecular flexibility index (Phi) is 20.5. The van der Waals surface area contributed by atoms with Crippen LogP contribution in [-0.4, -0.2) is 37.0 Å². The van der Waals surface area contributed by atoms with E-state index in [0.717, 1.165) is 38.4 Å². The van der Waals surface area contributed by atoms with Crippen LogP contribution in [0.1, 0.15) is 25.7 Å². The van der Waals surface area contributed by atoms with Crippen molar-refractivity contribution in [1.29, 1.82) is 0 Å². The summed E-state index contributed by atoms with van der Waals surface area (Å²) < 4.78 is 0. The van der Waals surface area contributed by atoms with E-state index in [1.165, 1.54) is 44.2 Å². The fraction of sp³-hybridized carbons (Fsp3) is 0.208. The zero-order valence-electron chi connectivity index (χ0n) is 32.0. The van der Waals surface area contributed by atoms with Gasteiger partial charge in [0.15, 0.2) is 0 Å². The third-order valence-electron chi connectivity index (χ3n) is 9.13. The Bertz CT molecular complexity index is 1770. The fourth-order valence-corrected chi connectivity index (χ4v) is 13.3. The van der Waals surface area contributed by atoms with Gasteiger partial charge in [0.05, 0.1) is 0 Å². The molecule has 2 N–H and O–H groups in total. The zero-order valence-corrected chi connectivity index (χ0v) is 36.5. The first-order chi connectivity index (χ1) is 27.4. The van der Waals surface area contributed by atoms with Gasteiger partial charge in [-0.2, -0.15) is 0 Å². The van der Waals surface area contributed by atoms with Crippen LogP contribution in [0.25, 0.3) is 0 Å². The van der Waals surface area contributed by atoms with Crippen molar-refractivity contribution in [2.24, 2.45) is 17.6 Å². The predicted molar refractivity (Wildman–Crippen MR) is 236 cm³/mol. The maximum Gasteiger partial charge on any atom is 2.00 e. The Morgan fingerprint density at radius 1 is 0.404 bits per heavy atom. The molecule has 57 heavy (non-hydrogen) atoms. The predicted octanol–water partition coefficient (Wildman–Crippen LogP) is 5.62. The van der Waals surface area contributed by atoms with Gasteiger partial charge in [0, 0.05) is 11.9 Å². The van der Waals surface area contributed by atoms with Crippen molar-refractivity contribution in [3.8, 4) is 0 Å². The molecular weight excluding hydrogens is 849 g/mol. The van der Waals surface area contributed by atoms with E-state index in [0.29, 0.717) is 0 Å². The Morgan fingerprint density at radius 3 is 0.737 bits per heavy atom. The van der Waals surface area contributed by atoms with Gasteiger partial charge in [0.1, 0.15) is 0 Å². The van der Waals surface area contributed by atoms with Crippen LogP contribution in [0.4, 0.5) is 0 Å². The Hall–Kier alpha value is -3.87. The molecule has 0 unspecified atom stereocenters. The van der Waals surface area contributed by atoms with Crippen LogP contribution in [0, 0.1) is 11.8 Å². The number of carboxylic acids is 2. The molecule has 0 heterocycles. The van der Waals surface area contributed by atoms with Crippen LogP contribution in [0.15, 0.2) is 182 Å². The van der Waals surface area contributed by atoms with Crippen LogP contribution >= 0.6 is 23.8 Å². The Balaban J connectivity index is 0.000000206. The van der Waals surface area contributed by atoms with E-state index in [4.69, 9.17) is 5.73 Å². The quantitative estimate of drug-likeness (QED) is 0.120. The van der Waals surface area contributed by atoms with Gasteiger partial charge in [-0.1, -0.05) is 182 Å². The molecule has 2 saturated carbocycles. The average Bonchev–Trinajstić information content (AvgIpc) is 4.19. The normalized spacial score (nSPS) is 12.8. The molecule has 0 aliphatic heterocycles. The van der Waals surface area contributed by atoms with E-state index in [9.17, 15) is 19.8 Å². The summed E-state index contributed by atoms with van der Waals surface area (Å²) in [5.41, 5.74) is 5.72. The van der Waals surface area contributed by atoms with Crippen molar-refractivity contribution in [1.82, 2.24) is 0 Å². The minimum absolute atomic E-state index is 0. The summed E-state index contributed by atoms with van der Waals surface area (Å²) in [5, 5.41) is 28.0. The number of hydrogen-bond donors (Lipinski definition) is 1. The number of carbonyl (C=O) groups excluding carboxylic acids is 2. The van der Waals surface area contributed by atoms with E-state index in [1.54, 1.807) is 0 Å². The van der Waals surface area contributed by atoms with E-state index in [1.807, 2.05) is 0 Å². The number of aliphatic carboxylic acids is 2. The smallest absolute Gasteiger partial charge is 0.550 e. The molecule has 9 heteroatoms. The number of rotatable bonds is 13. The van der Waals surface area contributed by atoms with Crippen LogP contribution in [0.2, 0.25) is 0 Å². The van der Waals surface area contributed by atoms with E-state index < -0.39 is 11.9 Å². The molecule has 2 aliphatic carbocycles. The Morgan fingerprint density at radius 2 is 0.596 bits per heavy atom. The molecule has 0 aromatic heterocycles. The molecule has 5 nitrogen and oxygen atoms in total. The molecule has 0 radical (unpaired) electrons. The van der Waals surface area contributed by atoms with Crippen molar-refractivity contribution >= 4 is 67.5 Å². The third kappa shape index (κ3) is 16.1. The molecule has 0 spiro atoms. The van der Waals surface area contributed by atoms with E-state index >= 15 is 0 Å². The van der Waals surface area contributed by atoms with Crippen molar-refractivity contribution in [2.75, 3.05) is 25.0 Å². The first-order valence-corrected chi connectivity index (χ1v) is 23.8. The maximum absolute atomic E-state index is 9.65. The van der Waals surface area contributed by atoms with Crippen molar-refractivity contribution in [2.45, 2.75) is 25.7 Å². The first-order valence-electron chi connectivity index (χ1n) is 19.2. The standard InChI is InChI=1S/C26H24P2.C14H16NP.2C4H6O2.Ru/c1-5-13-23(14-6-1)27(24-15-7-2-8-16-24)21-22-28(25-17-9-3-10-18-25)26-19-11-4-12-20-26;15-11-12-16(13-7-3-1-4-8-13)14-9-5-2-6-10-14;2*5-4(6)3-1-2-3;/h1-20H,21-22H2;1-10H,11-12,15H2;2*3H,1-2H2,(H,5,6);/q;;;;+2/p-2. The van der Waals surface area contributed by atoms with Crippen molar-refractivity contribution in [3.63, 3.8) is 0 Å². The second kappa shape index (κ2) is 25.5. The summed E-state index contributed by atoms with van der Waals surface area (Å²) in [7, 11) is -0.972. The summed E-state index contributed by atoms with van der Waals surface area (Å²) >= 11 is 0. The van der Waals surface area contributed by atoms with Crippen LogP contribution < -0.4 is 47.8 Å². The van der Waals surface area contributed by atoms with Gasteiger partial charge in [-0.05, 0) is 118 Å². The van der Waals surface area contributed by atoms with Gasteiger partial charge >= 0.3 is 19.5 Å². The Labute approximate surface area is 355 Å². The molecule has 8 rings (SSSR count). The molecule has 0 amide bonds. The molecule has 6 aromatic rings. The topological polar surface area (TPSA) is 106 Å². The van der Waals surface area contributed by atoms with Crippen LogP contribution in [-0.2, 0) is 29.1 Å². The summed E-state index contributed by atoms with van der Waals surface area (Å²) in [6.07, 6.45) is 6.82. The minimum Gasteiger partial charge on any atom is -0.550 e. The third-order valence-corrected chi connectivity index (χ3v) is 17.1. The molecular formula is C48H50NO4P3Ru. The van der Waals surface area contributed by atoms with Gasteiger partial charge < -0.3 is 25.5 Å². The average molecular weight is 899 g/mol. The SMILES string of the molecule is NCCP(c1ccccc1)c1ccccc1.O=C([O-])C1CC1.O=C([O-])C1CC1.[Ru+2].c1ccc(P(CCP(c2ccccc2)c2ccccc2)c2ccccc2)cc1. The summed E-state index contributed by atoms with van der Waals surface area (Å²) in [6.45, 7) is 0.746. The van der Waals surface area contributed by atoms with Gasteiger partial charge in [0.25, 0.3) is 0 Å². The second-order valence-corrected chi connectivity index (χ2v) is 20.5. The molecule has 6 aromatic carbocycles. The van der Waals surface area contributed by atoms with Gasteiger partial charge in [-0.3, -0.25) is 0 Å². The van der Waals surface area contributed by atoms with Gasteiger partial charge in [-0.15, -0.1) is 0 Å². The van der Waals surface area contributed by atoms with Crippen LogP contribution in [0.5, 0.6) is 0 Å². The maximum atomic E-state index is 9.65. The minimum atomic E-state index is -0.880. The molecule has 0 bridgehead atoms. The van der Waals surface area contributed by atoms with E-state index in [2.05, 4.69) is 182 Å². The first kappa shape index (κ1) is 45.8. The van der Waals surface area contributed by atoms with Gasteiger partial charge in [-0.25, -0.2) is 0 Å². The molecule has 2 aliphatic rings. The number of nitrogens with two attached hydrogens (primary N) is 1. The molecule has 0 atom stereocenters. The largest absolute Gasteiger partial charge is 2.00 e. The van der Waals surface area contributed by atoms with Crippen molar-refractivity contribution < 1.29 is 39.3 Å². The van der Waals surface area contributed by atoms with E-state index in [-0.39, 0.29) is 55.1 Å².